The van der Waals surface area contributed by atoms with Gasteiger partial charge in [-0.2, -0.15) is 5.10 Å². The number of benzene rings is 1. The van der Waals surface area contributed by atoms with Gasteiger partial charge < -0.3 is 10.1 Å². The summed E-state index contributed by atoms with van der Waals surface area (Å²) in [6.45, 7) is 0.893. The molecule has 2 aromatic rings. The van der Waals surface area contributed by atoms with Crippen molar-refractivity contribution in [3.63, 3.8) is 0 Å². The molecule has 0 aliphatic rings. The van der Waals surface area contributed by atoms with E-state index in [0.29, 0.717) is 25.9 Å². The summed E-state index contributed by atoms with van der Waals surface area (Å²) in [5.74, 6) is 0.673. The van der Waals surface area contributed by atoms with E-state index in [1.807, 2.05) is 24.3 Å². The predicted octanol–water partition coefficient (Wildman–Crippen LogP) is 1.90. The Labute approximate surface area is 133 Å². The van der Waals surface area contributed by atoms with Gasteiger partial charge in [-0.25, -0.2) is 0 Å². The summed E-state index contributed by atoms with van der Waals surface area (Å²) in [6, 6.07) is 7.48. The number of aromatic nitrogens is 2. The molecule has 0 atom stereocenters. The highest BCUT2D eigenvalue weighted by Gasteiger charge is 2.09. The minimum absolute atomic E-state index is 0.0486. The minimum Gasteiger partial charge on any atom is -0.497 e. The zero-order valence-electron chi connectivity index (χ0n) is 12.8. The summed E-state index contributed by atoms with van der Waals surface area (Å²) in [5.41, 5.74) is 0.910. The highest BCUT2D eigenvalue weighted by atomic mass is 16.6. The van der Waals surface area contributed by atoms with Crippen molar-refractivity contribution < 1.29 is 14.5 Å². The Balaban J connectivity index is 1.71. The van der Waals surface area contributed by atoms with Crippen LogP contribution in [0.15, 0.2) is 36.7 Å². The summed E-state index contributed by atoms with van der Waals surface area (Å²) in [4.78, 5) is 21.8. The van der Waals surface area contributed by atoms with Crippen LogP contribution in [-0.4, -0.2) is 27.7 Å². The summed E-state index contributed by atoms with van der Waals surface area (Å²) in [5, 5.41) is 17.2. The molecule has 8 nitrogen and oxygen atoms in total. The third-order valence-corrected chi connectivity index (χ3v) is 3.25. The minimum atomic E-state index is -0.496. The molecule has 1 amide bonds. The van der Waals surface area contributed by atoms with Crippen LogP contribution in [0.5, 0.6) is 5.75 Å². The van der Waals surface area contributed by atoms with E-state index in [2.05, 4.69) is 10.4 Å². The average Bonchev–Trinajstić information content (AvgIpc) is 3.02. The van der Waals surface area contributed by atoms with E-state index in [0.717, 1.165) is 11.3 Å². The van der Waals surface area contributed by atoms with Crippen molar-refractivity contribution in [2.24, 2.45) is 0 Å². The molecule has 2 rings (SSSR count). The Morgan fingerprint density at radius 3 is 3.00 bits per heavy atom. The number of methoxy groups -OCH3 is 1. The lowest BCUT2D eigenvalue weighted by Gasteiger charge is -2.07. The number of amides is 1. The number of rotatable bonds is 8. The first-order valence-electron chi connectivity index (χ1n) is 7.15. The Morgan fingerprint density at radius 1 is 1.48 bits per heavy atom. The molecular formula is C15H18N4O4. The highest BCUT2D eigenvalue weighted by molar-refractivity contribution is 5.75. The second-order valence-electron chi connectivity index (χ2n) is 4.95. The van der Waals surface area contributed by atoms with Gasteiger partial charge in [-0.05, 0) is 24.1 Å². The average molecular weight is 318 g/mol. The predicted molar refractivity (Wildman–Crippen MR) is 83.0 cm³/mol. The zero-order chi connectivity index (χ0) is 16.7. The molecule has 1 N–H and O–H groups in total. The Hall–Kier alpha value is -2.90. The summed E-state index contributed by atoms with van der Waals surface area (Å²) in [6.07, 6.45) is 3.44. The van der Waals surface area contributed by atoms with Crippen LogP contribution >= 0.6 is 0 Å². The third-order valence-electron chi connectivity index (χ3n) is 3.25. The van der Waals surface area contributed by atoms with E-state index in [4.69, 9.17) is 4.74 Å². The SMILES string of the molecule is COc1cccc(CNC(=O)CCCn2cc([N+](=O)[O-])cn2)c1. The molecular weight excluding hydrogens is 300 g/mol. The maximum atomic E-state index is 11.8. The second-order valence-corrected chi connectivity index (χ2v) is 4.95. The van der Waals surface area contributed by atoms with Crippen molar-refractivity contribution in [3.05, 3.63) is 52.3 Å². The maximum absolute atomic E-state index is 11.8. The van der Waals surface area contributed by atoms with Gasteiger partial charge in [0.25, 0.3) is 0 Å². The van der Waals surface area contributed by atoms with E-state index in [1.54, 1.807) is 7.11 Å². The first kappa shape index (κ1) is 16.5. The van der Waals surface area contributed by atoms with Gasteiger partial charge in [0, 0.05) is 19.5 Å². The molecule has 0 saturated carbocycles. The molecule has 0 saturated heterocycles. The quantitative estimate of drug-likeness (QED) is 0.592. The lowest BCUT2D eigenvalue weighted by molar-refractivity contribution is -0.385. The number of hydrogen-bond donors (Lipinski definition) is 1. The van der Waals surface area contributed by atoms with E-state index in [-0.39, 0.29) is 11.6 Å². The molecule has 0 bridgehead atoms. The fourth-order valence-corrected chi connectivity index (χ4v) is 2.04. The van der Waals surface area contributed by atoms with Crippen LogP contribution in [0.1, 0.15) is 18.4 Å². The van der Waals surface area contributed by atoms with Gasteiger partial charge in [0.2, 0.25) is 5.91 Å². The third kappa shape index (κ3) is 5.10. The molecule has 0 aliphatic carbocycles. The van der Waals surface area contributed by atoms with Crippen molar-refractivity contribution in [2.75, 3.05) is 7.11 Å². The van der Waals surface area contributed by atoms with Gasteiger partial charge >= 0.3 is 5.69 Å². The fourth-order valence-electron chi connectivity index (χ4n) is 2.04. The van der Waals surface area contributed by atoms with Crippen LogP contribution in [0.4, 0.5) is 5.69 Å². The van der Waals surface area contributed by atoms with E-state index < -0.39 is 4.92 Å². The van der Waals surface area contributed by atoms with Gasteiger partial charge in [0.15, 0.2) is 0 Å². The van der Waals surface area contributed by atoms with E-state index in [9.17, 15) is 14.9 Å². The van der Waals surface area contributed by atoms with Crippen LogP contribution in [0.3, 0.4) is 0 Å². The van der Waals surface area contributed by atoms with Crippen molar-refractivity contribution >= 4 is 11.6 Å². The van der Waals surface area contributed by atoms with Crippen LogP contribution in [0, 0.1) is 10.1 Å². The molecule has 0 radical (unpaired) electrons. The van der Waals surface area contributed by atoms with Crippen LogP contribution < -0.4 is 10.1 Å². The molecule has 23 heavy (non-hydrogen) atoms. The molecule has 122 valence electrons. The molecule has 0 unspecified atom stereocenters. The fraction of sp³-hybridized carbons (Fsp3) is 0.333. The van der Waals surface area contributed by atoms with Gasteiger partial charge in [0.1, 0.15) is 18.1 Å². The first-order chi connectivity index (χ1) is 11.1. The summed E-state index contributed by atoms with van der Waals surface area (Å²) >= 11 is 0. The maximum Gasteiger partial charge on any atom is 0.306 e. The summed E-state index contributed by atoms with van der Waals surface area (Å²) in [7, 11) is 1.59. The standard InChI is InChI=1S/C15H18N4O4/c1-23-14-5-2-4-12(8-14)9-16-15(20)6-3-7-18-11-13(10-17-18)19(21)22/h2,4-5,8,10-11H,3,6-7,9H2,1H3,(H,16,20). The zero-order valence-corrected chi connectivity index (χ0v) is 12.8. The smallest absolute Gasteiger partial charge is 0.306 e. The Morgan fingerprint density at radius 2 is 2.30 bits per heavy atom. The van der Waals surface area contributed by atoms with Gasteiger partial charge in [0.05, 0.1) is 12.0 Å². The summed E-state index contributed by atoms with van der Waals surface area (Å²) < 4.78 is 6.59. The Kier molecular flexibility index (Phi) is 5.67. The second kappa shape index (κ2) is 7.92. The van der Waals surface area contributed by atoms with Crippen LogP contribution in [0.25, 0.3) is 0 Å². The highest BCUT2D eigenvalue weighted by Crippen LogP contribution is 2.12. The molecule has 0 spiro atoms. The number of nitrogens with one attached hydrogen (secondary N) is 1. The molecule has 8 heteroatoms. The van der Waals surface area contributed by atoms with Crippen LogP contribution in [-0.2, 0) is 17.9 Å². The van der Waals surface area contributed by atoms with Gasteiger partial charge in [-0.15, -0.1) is 0 Å². The lowest BCUT2D eigenvalue weighted by Crippen LogP contribution is -2.22. The number of hydrogen-bond acceptors (Lipinski definition) is 5. The van der Waals surface area contributed by atoms with Gasteiger partial charge in [-0.1, -0.05) is 12.1 Å². The number of nitrogens with zero attached hydrogens (tertiary/aromatic N) is 3. The first-order valence-corrected chi connectivity index (χ1v) is 7.15. The van der Waals surface area contributed by atoms with Crippen molar-refractivity contribution in [1.29, 1.82) is 0 Å². The number of aryl methyl sites for hydroxylation is 1. The molecule has 1 heterocycles. The van der Waals surface area contributed by atoms with Crippen molar-refractivity contribution in [2.45, 2.75) is 25.9 Å². The van der Waals surface area contributed by atoms with E-state index in [1.165, 1.54) is 17.1 Å². The lowest BCUT2D eigenvalue weighted by atomic mass is 10.2. The number of carbonyl (C=O) groups is 1. The van der Waals surface area contributed by atoms with Crippen molar-refractivity contribution in [3.8, 4) is 5.75 Å². The molecule has 0 aliphatic heterocycles. The number of carbonyl (C=O) groups excluding carboxylic acids is 1. The van der Waals surface area contributed by atoms with Gasteiger partial charge in [-0.3, -0.25) is 19.6 Å². The Bertz CT molecular complexity index is 684. The molecule has 0 fully saturated rings. The molecule has 1 aromatic heterocycles. The number of nitro groups is 1. The number of ether oxygens (including phenoxy) is 1. The monoisotopic (exact) mass is 318 g/mol. The van der Waals surface area contributed by atoms with Crippen molar-refractivity contribution in [1.82, 2.24) is 15.1 Å². The normalized spacial score (nSPS) is 10.3. The van der Waals surface area contributed by atoms with E-state index >= 15 is 0 Å². The van der Waals surface area contributed by atoms with Crippen LogP contribution in [0.2, 0.25) is 0 Å². The molecule has 1 aromatic carbocycles. The topological polar surface area (TPSA) is 99.3 Å². The largest absolute Gasteiger partial charge is 0.497 e.